The van der Waals surface area contributed by atoms with Crippen LogP contribution in [0.3, 0.4) is 0 Å². The summed E-state index contributed by atoms with van der Waals surface area (Å²) in [7, 11) is 1.40. The molecular formula is C11H23BrN4O6. The van der Waals surface area contributed by atoms with Gasteiger partial charge >= 0.3 is 0 Å². The Kier molecular flexibility index (Phi) is 8.22. The number of nitrogens with two attached hydrogens (primary N) is 1. The van der Waals surface area contributed by atoms with Crippen LogP contribution in [0.1, 0.15) is 0 Å². The summed E-state index contributed by atoms with van der Waals surface area (Å²) in [4.78, 5) is 14.3. The third-order valence-corrected chi connectivity index (χ3v) is 3.65. The van der Waals surface area contributed by atoms with Crippen LogP contribution < -0.4 is 5.73 Å². The van der Waals surface area contributed by atoms with Crippen LogP contribution in [0.4, 0.5) is 0 Å². The first-order chi connectivity index (χ1) is 9.76. The lowest BCUT2D eigenvalue weighted by Gasteiger charge is -2.48. The van der Waals surface area contributed by atoms with E-state index in [1.54, 1.807) is 0 Å². The predicted octanol–water partition coefficient (Wildman–Crippen LogP) is -3.96. The highest BCUT2D eigenvalue weighted by atomic mass is 79.9. The van der Waals surface area contributed by atoms with E-state index in [0.717, 1.165) is 9.80 Å². The summed E-state index contributed by atoms with van der Waals surface area (Å²) in [6, 6.07) is -2.35. The Hall–Kier alpha value is -0.980. The second-order valence-corrected chi connectivity index (χ2v) is 5.01. The minimum Gasteiger partial charge on any atom is -0.394 e. The number of nitrogens with one attached hydrogen (secondary N) is 1. The van der Waals surface area contributed by atoms with Crippen LogP contribution in [0.5, 0.6) is 0 Å². The molecule has 5 atom stereocenters. The fourth-order valence-electron chi connectivity index (χ4n) is 2.36. The number of guanidine groups is 1. The van der Waals surface area contributed by atoms with Crippen LogP contribution >= 0.6 is 17.0 Å². The number of likely N-dealkylation sites (tertiary alicyclic amines) is 1. The quantitative estimate of drug-likeness (QED) is 0.189. The normalized spacial score (nSPS) is 31.4. The molecule has 1 amide bonds. The Balaban J connectivity index is 0.00000441. The molecule has 0 unspecified atom stereocenters. The van der Waals surface area contributed by atoms with Crippen LogP contribution in [0.2, 0.25) is 0 Å². The molecule has 22 heavy (non-hydrogen) atoms. The van der Waals surface area contributed by atoms with Gasteiger partial charge in [-0.3, -0.25) is 10.2 Å². The number of aliphatic hydroxyl groups is 5. The molecule has 0 radical (unpaired) electrons. The monoisotopic (exact) mass is 386 g/mol. The number of aliphatic hydroxyl groups excluding tert-OH is 5. The number of nitrogens with zero attached hydrogens (tertiary/aromatic N) is 2. The number of hydrogen-bond acceptors (Lipinski definition) is 7. The first kappa shape index (κ1) is 21.0. The average molecular weight is 387 g/mol. The first-order valence-corrected chi connectivity index (χ1v) is 6.38. The molecule has 130 valence electrons. The fourth-order valence-corrected chi connectivity index (χ4v) is 2.36. The van der Waals surface area contributed by atoms with Gasteiger partial charge in [-0.05, 0) is 0 Å². The zero-order valence-corrected chi connectivity index (χ0v) is 13.7. The molecule has 8 N–H and O–H groups in total. The molecule has 10 nitrogen and oxygen atoms in total. The Labute approximate surface area is 138 Å². The van der Waals surface area contributed by atoms with Gasteiger partial charge in [-0.1, -0.05) is 0 Å². The molecule has 0 saturated carbocycles. The number of likely N-dealkylation sites (N-methyl/N-ethyl adjacent to an activating group) is 1. The molecule has 0 aromatic heterocycles. The summed E-state index contributed by atoms with van der Waals surface area (Å²) in [5.74, 6) is -1.02. The van der Waals surface area contributed by atoms with Crippen LogP contribution in [0, 0.1) is 5.41 Å². The zero-order chi connectivity index (χ0) is 16.3. The number of rotatable bonds is 4. The van der Waals surface area contributed by atoms with Crippen LogP contribution in [0.25, 0.3) is 0 Å². The van der Waals surface area contributed by atoms with Crippen molar-refractivity contribution in [2.75, 3.05) is 26.8 Å². The highest BCUT2D eigenvalue weighted by molar-refractivity contribution is 8.93. The Morgan fingerprint density at radius 1 is 1.14 bits per heavy atom. The molecule has 1 fully saturated rings. The summed E-state index contributed by atoms with van der Waals surface area (Å²) in [5.41, 5.74) is 5.23. The number of hydrogen-bond donors (Lipinski definition) is 7. The van der Waals surface area contributed by atoms with E-state index in [1.165, 1.54) is 7.05 Å². The van der Waals surface area contributed by atoms with Gasteiger partial charge in [0, 0.05) is 7.05 Å². The topological polar surface area (TPSA) is 175 Å². The zero-order valence-electron chi connectivity index (χ0n) is 12.0. The molecule has 0 spiro atoms. The van der Waals surface area contributed by atoms with Gasteiger partial charge in [0.05, 0.1) is 31.8 Å². The van der Waals surface area contributed by atoms with Gasteiger partial charge in [0.25, 0.3) is 0 Å². The van der Waals surface area contributed by atoms with Gasteiger partial charge in [0.2, 0.25) is 5.91 Å². The average Bonchev–Trinajstić information content (AvgIpc) is 2.44. The number of amides is 1. The van der Waals surface area contributed by atoms with Crippen LogP contribution in [-0.4, -0.2) is 104 Å². The molecule has 0 aliphatic carbocycles. The third kappa shape index (κ3) is 4.06. The van der Waals surface area contributed by atoms with E-state index >= 15 is 0 Å². The van der Waals surface area contributed by atoms with Gasteiger partial charge in [0.1, 0.15) is 18.3 Å². The molecule has 1 aliphatic rings. The number of halogens is 1. The van der Waals surface area contributed by atoms with E-state index in [0.29, 0.717) is 0 Å². The van der Waals surface area contributed by atoms with Crippen molar-refractivity contribution in [2.24, 2.45) is 5.73 Å². The van der Waals surface area contributed by atoms with E-state index in [-0.39, 0.29) is 29.5 Å². The van der Waals surface area contributed by atoms with Crippen molar-refractivity contribution in [1.29, 1.82) is 5.41 Å². The summed E-state index contributed by atoms with van der Waals surface area (Å²) < 4.78 is 0. The molecule has 0 aromatic rings. The van der Waals surface area contributed by atoms with Crippen molar-refractivity contribution in [3.05, 3.63) is 0 Å². The van der Waals surface area contributed by atoms with Crippen molar-refractivity contribution < 1.29 is 30.3 Å². The van der Waals surface area contributed by atoms with Crippen molar-refractivity contribution in [3.8, 4) is 0 Å². The number of piperidine rings is 1. The summed E-state index contributed by atoms with van der Waals surface area (Å²) in [5, 5.41) is 55.3. The number of carbonyl (C=O) groups is 1. The van der Waals surface area contributed by atoms with Gasteiger partial charge in [-0.2, -0.15) is 0 Å². The predicted molar refractivity (Wildman–Crippen MR) is 81.5 cm³/mol. The minimum absolute atomic E-state index is 0. The molecular weight excluding hydrogens is 364 g/mol. The largest absolute Gasteiger partial charge is 0.394 e. The summed E-state index contributed by atoms with van der Waals surface area (Å²) in [6.45, 7) is -1.65. The lowest BCUT2D eigenvalue weighted by atomic mass is 9.88. The van der Waals surface area contributed by atoms with Crippen LogP contribution in [-0.2, 0) is 4.79 Å². The Morgan fingerprint density at radius 3 is 1.86 bits per heavy atom. The fraction of sp³-hybridized carbons (Fsp3) is 0.818. The lowest BCUT2D eigenvalue weighted by Crippen LogP contribution is -2.70. The van der Waals surface area contributed by atoms with E-state index < -0.39 is 49.5 Å². The van der Waals surface area contributed by atoms with Crippen molar-refractivity contribution >= 4 is 28.8 Å². The number of carbonyl (C=O) groups excluding carboxylic acids is 1. The maximum atomic E-state index is 12.3. The van der Waals surface area contributed by atoms with Gasteiger partial charge < -0.3 is 41.1 Å². The molecule has 1 aliphatic heterocycles. The third-order valence-electron chi connectivity index (χ3n) is 3.65. The molecule has 11 heteroatoms. The Morgan fingerprint density at radius 2 is 1.55 bits per heavy atom. The van der Waals surface area contributed by atoms with Crippen molar-refractivity contribution in [3.63, 3.8) is 0 Å². The SMILES string of the molecule is Br.CN(CC(=O)N1[C@H](CO)[C@H](O)[C@H](O)[C@H](O)[C@H]1CO)C(=N)N. The summed E-state index contributed by atoms with van der Waals surface area (Å²) in [6.07, 6.45) is -4.70. The smallest absolute Gasteiger partial charge is 0.243 e. The van der Waals surface area contributed by atoms with Gasteiger partial charge in [-0.15, -0.1) is 17.0 Å². The maximum absolute atomic E-state index is 12.3. The lowest BCUT2D eigenvalue weighted by molar-refractivity contribution is -0.187. The van der Waals surface area contributed by atoms with E-state index in [9.17, 15) is 30.3 Å². The van der Waals surface area contributed by atoms with Crippen LogP contribution in [0.15, 0.2) is 0 Å². The summed E-state index contributed by atoms with van der Waals surface area (Å²) >= 11 is 0. The van der Waals surface area contributed by atoms with Crippen molar-refractivity contribution in [2.45, 2.75) is 30.4 Å². The minimum atomic E-state index is -1.59. The second-order valence-electron chi connectivity index (χ2n) is 5.01. The molecule has 1 heterocycles. The standard InChI is InChI=1S/C11H22N4O6.BrH/c1-14(11(12)13)2-7(18)15-5(3-16)8(19)10(21)9(20)6(15)4-17;/h5-6,8-10,16-17,19-21H,2-4H2,1H3,(H3,12,13);1H/t5-,6-,8-,9+,10-;/m1./s1. The van der Waals surface area contributed by atoms with E-state index in [1.807, 2.05) is 0 Å². The van der Waals surface area contributed by atoms with Gasteiger partial charge in [-0.25, -0.2) is 0 Å². The highest BCUT2D eigenvalue weighted by Crippen LogP contribution is 2.24. The van der Waals surface area contributed by atoms with E-state index in [2.05, 4.69) is 0 Å². The molecule has 0 aromatic carbocycles. The Bertz CT molecular complexity index is 383. The molecule has 0 bridgehead atoms. The maximum Gasteiger partial charge on any atom is 0.243 e. The van der Waals surface area contributed by atoms with E-state index in [4.69, 9.17) is 11.1 Å². The molecule has 1 rings (SSSR count). The molecule has 1 saturated heterocycles. The second kappa shape index (κ2) is 8.60. The van der Waals surface area contributed by atoms with Gasteiger partial charge in [0.15, 0.2) is 5.96 Å². The first-order valence-electron chi connectivity index (χ1n) is 6.38. The highest BCUT2D eigenvalue weighted by Gasteiger charge is 2.49. The van der Waals surface area contributed by atoms with Crippen molar-refractivity contribution in [1.82, 2.24) is 9.80 Å².